The molecule has 3 N–H and O–H groups in total. The van der Waals surface area contributed by atoms with Crippen LogP contribution in [0.5, 0.6) is 17.2 Å². The lowest BCUT2D eigenvalue weighted by molar-refractivity contribution is -0.123. The molecule has 0 spiro atoms. The van der Waals surface area contributed by atoms with Gasteiger partial charge in [0.05, 0.1) is 12.2 Å². The molecule has 0 aromatic heterocycles. The van der Waals surface area contributed by atoms with Crippen LogP contribution in [0.25, 0.3) is 0 Å². The Morgan fingerprint density at radius 1 is 0.923 bits per heavy atom. The molecule has 2 amide bonds. The van der Waals surface area contributed by atoms with E-state index in [4.69, 9.17) is 9.47 Å². The highest BCUT2D eigenvalue weighted by molar-refractivity contribution is 5.96. The van der Waals surface area contributed by atoms with E-state index in [1.807, 2.05) is 6.92 Å². The lowest BCUT2D eigenvalue weighted by Gasteiger charge is -2.09. The fourth-order valence-corrected chi connectivity index (χ4v) is 2.14. The number of phenols is 1. The van der Waals surface area contributed by atoms with Gasteiger partial charge in [-0.3, -0.25) is 9.59 Å². The van der Waals surface area contributed by atoms with Crippen LogP contribution in [0.2, 0.25) is 0 Å². The van der Waals surface area contributed by atoms with E-state index in [0.29, 0.717) is 12.4 Å². The van der Waals surface area contributed by atoms with Crippen LogP contribution < -0.4 is 20.1 Å². The molecule has 0 aliphatic heterocycles. The number of aromatic hydroxyl groups is 1. The molecule has 0 bridgehead atoms. The third kappa shape index (κ3) is 6.01. The van der Waals surface area contributed by atoms with Crippen LogP contribution >= 0.6 is 0 Å². The minimum absolute atomic E-state index is 0.0854. The van der Waals surface area contributed by atoms with Crippen LogP contribution in [0.1, 0.15) is 17.3 Å². The van der Waals surface area contributed by atoms with Crippen molar-refractivity contribution in [2.45, 2.75) is 6.92 Å². The lowest BCUT2D eigenvalue weighted by atomic mass is 10.2. The zero-order valence-electron chi connectivity index (χ0n) is 14.5. The van der Waals surface area contributed by atoms with Crippen molar-refractivity contribution in [1.29, 1.82) is 0 Å². The zero-order valence-corrected chi connectivity index (χ0v) is 14.5. The second kappa shape index (κ2) is 9.93. The van der Waals surface area contributed by atoms with E-state index in [2.05, 4.69) is 10.6 Å². The molecule has 7 nitrogen and oxygen atoms in total. The van der Waals surface area contributed by atoms with Crippen LogP contribution in [0.4, 0.5) is 0 Å². The molecule has 0 radical (unpaired) electrons. The van der Waals surface area contributed by atoms with Crippen molar-refractivity contribution in [2.75, 3.05) is 26.3 Å². The van der Waals surface area contributed by atoms with E-state index >= 15 is 0 Å². The molecule has 0 unspecified atom stereocenters. The zero-order chi connectivity index (χ0) is 18.8. The Balaban J connectivity index is 1.64. The van der Waals surface area contributed by atoms with E-state index < -0.39 is 5.91 Å². The molecule has 0 fully saturated rings. The molecule has 0 saturated carbocycles. The van der Waals surface area contributed by atoms with Crippen LogP contribution in [0.15, 0.2) is 48.5 Å². The normalized spacial score (nSPS) is 10.0. The van der Waals surface area contributed by atoms with Gasteiger partial charge in [-0.15, -0.1) is 0 Å². The third-order valence-electron chi connectivity index (χ3n) is 3.39. The first kappa shape index (κ1) is 19.1. The standard InChI is InChI=1S/C19H22N2O5/c1-2-25-14-7-9-15(10-8-14)26-13-18(23)20-11-12-21-19(24)16-5-3-4-6-17(16)22/h3-10,22H,2,11-13H2,1H3,(H,20,23)(H,21,24). The number of carbonyl (C=O) groups excluding carboxylic acids is 2. The summed E-state index contributed by atoms with van der Waals surface area (Å²) in [6.07, 6.45) is 0. The third-order valence-corrected chi connectivity index (χ3v) is 3.39. The minimum Gasteiger partial charge on any atom is -0.507 e. The Morgan fingerprint density at radius 2 is 1.54 bits per heavy atom. The summed E-state index contributed by atoms with van der Waals surface area (Å²) in [7, 11) is 0. The maximum absolute atomic E-state index is 11.9. The van der Waals surface area contributed by atoms with Crippen molar-refractivity contribution in [2.24, 2.45) is 0 Å². The van der Waals surface area contributed by atoms with Crippen molar-refractivity contribution in [3.63, 3.8) is 0 Å². The van der Waals surface area contributed by atoms with Gasteiger partial charge in [0.2, 0.25) is 0 Å². The van der Waals surface area contributed by atoms with Gasteiger partial charge in [-0.25, -0.2) is 0 Å². The molecule has 0 heterocycles. The highest BCUT2D eigenvalue weighted by Crippen LogP contribution is 2.17. The molecule has 0 aliphatic rings. The topological polar surface area (TPSA) is 96.9 Å². The first-order valence-corrected chi connectivity index (χ1v) is 8.28. The van der Waals surface area contributed by atoms with E-state index in [1.165, 1.54) is 12.1 Å². The second-order valence-electron chi connectivity index (χ2n) is 5.32. The Morgan fingerprint density at radius 3 is 2.19 bits per heavy atom. The summed E-state index contributed by atoms with van der Waals surface area (Å²) in [6, 6.07) is 13.3. The smallest absolute Gasteiger partial charge is 0.258 e. The van der Waals surface area contributed by atoms with Gasteiger partial charge in [-0.1, -0.05) is 12.1 Å². The van der Waals surface area contributed by atoms with E-state index in [9.17, 15) is 14.7 Å². The van der Waals surface area contributed by atoms with Gasteiger partial charge in [-0.2, -0.15) is 0 Å². The van der Waals surface area contributed by atoms with Crippen molar-refractivity contribution in [1.82, 2.24) is 10.6 Å². The number of para-hydroxylation sites is 1. The van der Waals surface area contributed by atoms with Gasteiger partial charge < -0.3 is 25.2 Å². The highest BCUT2D eigenvalue weighted by atomic mass is 16.5. The fourth-order valence-electron chi connectivity index (χ4n) is 2.14. The van der Waals surface area contributed by atoms with Crippen LogP contribution in [-0.4, -0.2) is 43.2 Å². The average molecular weight is 358 g/mol. The number of phenolic OH excluding ortho intramolecular Hbond substituents is 1. The second-order valence-corrected chi connectivity index (χ2v) is 5.32. The molecular weight excluding hydrogens is 336 g/mol. The van der Waals surface area contributed by atoms with Gasteiger partial charge in [-0.05, 0) is 43.3 Å². The van der Waals surface area contributed by atoms with Gasteiger partial charge in [0.15, 0.2) is 6.61 Å². The summed E-state index contributed by atoms with van der Waals surface area (Å²) in [5, 5.41) is 14.9. The molecule has 26 heavy (non-hydrogen) atoms. The average Bonchev–Trinajstić information content (AvgIpc) is 2.65. The Labute approximate surface area is 151 Å². The van der Waals surface area contributed by atoms with Crippen molar-refractivity contribution < 1.29 is 24.2 Å². The Kier molecular flexibility index (Phi) is 7.30. The van der Waals surface area contributed by atoms with Crippen LogP contribution in [-0.2, 0) is 4.79 Å². The SMILES string of the molecule is CCOc1ccc(OCC(=O)NCCNC(=O)c2ccccc2O)cc1. The highest BCUT2D eigenvalue weighted by Gasteiger charge is 2.09. The first-order valence-electron chi connectivity index (χ1n) is 8.28. The monoisotopic (exact) mass is 358 g/mol. The fraction of sp³-hybridized carbons (Fsp3) is 0.263. The van der Waals surface area contributed by atoms with Crippen LogP contribution in [0.3, 0.4) is 0 Å². The van der Waals surface area contributed by atoms with Crippen molar-refractivity contribution in [3.05, 3.63) is 54.1 Å². The molecule has 7 heteroatoms. The predicted octanol–water partition coefficient (Wildman–Crippen LogP) is 1.72. The van der Waals surface area contributed by atoms with Crippen LogP contribution in [0, 0.1) is 0 Å². The largest absolute Gasteiger partial charge is 0.507 e. The summed E-state index contributed by atoms with van der Waals surface area (Å²) < 4.78 is 10.7. The van der Waals surface area contributed by atoms with Gasteiger partial charge >= 0.3 is 0 Å². The minimum atomic E-state index is -0.400. The summed E-state index contributed by atoms with van der Waals surface area (Å²) in [6.45, 7) is 2.86. The molecule has 0 atom stereocenters. The summed E-state index contributed by atoms with van der Waals surface area (Å²) >= 11 is 0. The number of carbonyl (C=O) groups is 2. The maximum Gasteiger partial charge on any atom is 0.258 e. The number of rotatable bonds is 9. The molecule has 138 valence electrons. The van der Waals surface area contributed by atoms with Gasteiger partial charge in [0, 0.05) is 13.1 Å². The van der Waals surface area contributed by atoms with Gasteiger partial charge in [0.25, 0.3) is 11.8 Å². The summed E-state index contributed by atoms with van der Waals surface area (Å²) in [5.74, 6) is 0.525. The van der Waals surface area contributed by atoms with Crippen molar-refractivity contribution in [3.8, 4) is 17.2 Å². The molecule has 2 rings (SSSR count). The van der Waals surface area contributed by atoms with Gasteiger partial charge in [0.1, 0.15) is 17.2 Å². The molecule has 0 aliphatic carbocycles. The first-order chi connectivity index (χ1) is 12.6. The van der Waals surface area contributed by atoms with E-state index in [1.54, 1.807) is 36.4 Å². The van der Waals surface area contributed by atoms with E-state index in [-0.39, 0.29) is 36.9 Å². The molecular formula is C19H22N2O5. The number of ether oxygens (including phenoxy) is 2. The maximum atomic E-state index is 11.9. The van der Waals surface area contributed by atoms with E-state index in [0.717, 1.165) is 5.75 Å². The molecule has 0 saturated heterocycles. The Hall–Kier alpha value is -3.22. The molecule has 2 aromatic rings. The number of hydrogen-bond donors (Lipinski definition) is 3. The summed E-state index contributed by atoms with van der Waals surface area (Å²) in [5.41, 5.74) is 0.192. The quantitative estimate of drug-likeness (QED) is 0.593. The Bertz CT molecular complexity index is 731. The predicted molar refractivity (Wildman–Crippen MR) is 96.6 cm³/mol. The number of amides is 2. The number of benzene rings is 2. The van der Waals surface area contributed by atoms with Crippen molar-refractivity contribution >= 4 is 11.8 Å². The molecule has 2 aromatic carbocycles. The lowest BCUT2D eigenvalue weighted by Crippen LogP contribution is -2.36. The number of nitrogens with one attached hydrogen (secondary N) is 2. The summed E-state index contributed by atoms with van der Waals surface area (Å²) in [4.78, 5) is 23.6. The number of hydrogen-bond acceptors (Lipinski definition) is 5.